The van der Waals surface area contributed by atoms with Gasteiger partial charge in [0.2, 0.25) is 17.6 Å². The first-order chi connectivity index (χ1) is 12.3. The highest BCUT2D eigenvalue weighted by Crippen LogP contribution is 2.35. The van der Waals surface area contributed by atoms with Crippen LogP contribution in [0.2, 0.25) is 0 Å². The van der Waals surface area contributed by atoms with Crippen LogP contribution < -0.4 is 16.0 Å². The van der Waals surface area contributed by atoms with Crippen LogP contribution >= 0.6 is 0 Å². The first-order valence-electron chi connectivity index (χ1n) is 8.74. The van der Waals surface area contributed by atoms with Crippen LogP contribution in [-0.2, 0) is 0 Å². The molecular formula is C18H24N6O2. The Labute approximate surface area is 152 Å². The van der Waals surface area contributed by atoms with Crippen molar-refractivity contribution in [2.45, 2.75) is 27.2 Å². The van der Waals surface area contributed by atoms with Crippen LogP contribution in [0.25, 0.3) is 0 Å². The van der Waals surface area contributed by atoms with E-state index in [0.29, 0.717) is 24.9 Å². The highest BCUT2D eigenvalue weighted by atomic mass is 16.6. The lowest BCUT2D eigenvalue weighted by Gasteiger charge is -2.35. The van der Waals surface area contributed by atoms with Crippen LogP contribution in [0.4, 0.5) is 29.0 Å². The molecule has 26 heavy (non-hydrogen) atoms. The molecule has 0 radical (unpaired) electrons. The molecule has 2 aromatic rings. The summed E-state index contributed by atoms with van der Waals surface area (Å²) in [6.07, 6.45) is 1.10. The van der Waals surface area contributed by atoms with Crippen molar-refractivity contribution in [1.29, 1.82) is 0 Å². The quantitative estimate of drug-likeness (QED) is 0.637. The zero-order valence-electron chi connectivity index (χ0n) is 15.3. The van der Waals surface area contributed by atoms with Crippen LogP contribution in [-0.4, -0.2) is 28.0 Å². The number of hydrogen-bond donors (Lipinski definition) is 2. The molecule has 3 N–H and O–H groups in total. The van der Waals surface area contributed by atoms with Crippen LogP contribution in [0, 0.1) is 28.9 Å². The topological polar surface area (TPSA) is 110 Å². The Morgan fingerprint density at radius 3 is 2.58 bits per heavy atom. The van der Waals surface area contributed by atoms with Gasteiger partial charge in [0.25, 0.3) is 0 Å². The maximum Gasteiger partial charge on any atom is 0.353 e. The molecular weight excluding hydrogens is 332 g/mol. The van der Waals surface area contributed by atoms with E-state index < -0.39 is 4.92 Å². The molecule has 0 unspecified atom stereocenters. The zero-order valence-corrected chi connectivity index (χ0v) is 15.3. The average Bonchev–Trinajstić information content (AvgIpc) is 2.53. The molecule has 0 saturated carbocycles. The molecule has 1 saturated heterocycles. The monoisotopic (exact) mass is 356 g/mol. The summed E-state index contributed by atoms with van der Waals surface area (Å²) in [5.41, 5.74) is 7.60. The largest absolute Gasteiger partial charge is 0.378 e. The lowest BCUT2D eigenvalue weighted by molar-refractivity contribution is -0.383. The first kappa shape index (κ1) is 17.9. The fourth-order valence-electron chi connectivity index (χ4n) is 3.60. The van der Waals surface area contributed by atoms with Gasteiger partial charge >= 0.3 is 5.69 Å². The molecule has 1 aliphatic heterocycles. The van der Waals surface area contributed by atoms with E-state index in [2.05, 4.69) is 29.1 Å². The Hall–Kier alpha value is -2.90. The molecule has 1 fully saturated rings. The van der Waals surface area contributed by atoms with E-state index in [1.54, 1.807) is 0 Å². The number of aromatic nitrogens is 2. The van der Waals surface area contributed by atoms with Gasteiger partial charge in [-0.05, 0) is 42.9 Å². The van der Waals surface area contributed by atoms with Gasteiger partial charge < -0.3 is 16.0 Å². The summed E-state index contributed by atoms with van der Waals surface area (Å²) >= 11 is 0. The van der Waals surface area contributed by atoms with E-state index in [4.69, 9.17) is 5.73 Å². The predicted molar refractivity (Wildman–Crippen MR) is 103 cm³/mol. The molecule has 0 aliphatic carbocycles. The normalized spacial score (nSPS) is 20.0. The van der Waals surface area contributed by atoms with E-state index in [1.165, 1.54) is 0 Å². The number of nitro groups is 1. The summed E-state index contributed by atoms with van der Waals surface area (Å²) in [6.45, 7) is 7.70. The standard InChI is InChI=1S/C18H24N6O2/c1-11-5-4-6-14(8-11)20-18-21-16(19)15(24(25)26)17(22-18)23-9-12(2)7-13(3)10-23/h4-6,8,12-13H,7,9-10H2,1-3H3,(H3,19,20,21,22)/t12-,13+. The molecule has 1 aromatic carbocycles. The number of nitrogens with two attached hydrogens (primary N) is 1. The van der Waals surface area contributed by atoms with E-state index in [-0.39, 0.29) is 23.3 Å². The average molecular weight is 356 g/mol. The van der Waals surface area contributed by atoms with Crippen molar-refractivity contribution in [3.63, 3.8) is 0 Å². The molecule has 8 heteroatoms. The van der Waals surface area contributed by atoms with Crippen molar-refractivity contribution >= 4 is 29.0 Å². The molecule has 3 rings (SSSR count). The van der Waals surface area contributed by atoms with E-state index in [1.807, 2.05) is 36.1 Å². The van der Waals surface area contributed by atoms with Crippen molar-refractivity contribution in [3.05, 3.63) is 39.9 Å². The van der Waals surface area contributed by atoms with Gasteiger partial charge in [-0.2, -0.15) is 9.97 Å². The summed E-state index contributed by atoms with van der Waals surface area (Å²) < 4.78 is 0. The Balaban J connectivity index is 2.00. The van der Waals surface area contributed by atoms with E-state index in [0.717, 1.165) is 17.7 Å². The molecule has 138 valence electrons. The minimum Gasteiger partial charge on any atom is -0.378 e. The number of benzene rings is 1. The van der Waals surface area contributed by atoms with Crippen molar-refractivity contribution in [1.82, 2.24) is 9.97 Å². The third kappa shape index (κ3) is 3.84. The Morgan fingerprint density at radius 2 is 1.96 bits per heavy atom. The molecule has 2 heterocycles. The molecule has 1 aromatic heterocycles. The number of piperidine rings is 1. The van der Waals surface area contributed by atoms with Crippen molar-refractivity contribution in [3.8, 4) is 0 Å². The van der Waals surface area contributed by atoms with Crippen molar-refractivity contribution in [2.24, 2.45) is 11.8 Å². The number of nitrogens with zero attached hydrogens (tertiary/aromatic N) is 4. The van der Waals surface area contributed by atoms with Gasteiger partial charge in [-0.1, -0.05) is 26.0 Å². The summed E-state index contributed by atoms with van der Waals surface area (Å²) in [5.74, 6) is 1.29. The Morgan fingerprint density at radius 1 is 1.27 bits per heavy atom. The minimum atomic E-state index is -0.495. The van der Waals surface area contributed by atoms with Gasteiger partial charge in [0.05, 0.1) is 4.92 Å². The molecule has 0 amide bonds. The summed E-state index contributed by atoms with van der Waals surface area (Å²) in [7, 11) is 0. The zero-order chi connectivity index (χ0) is 18.8. The van der Waals surface area contributed by atoms with Crippen molar-refractivity contribution in [2.75, 3.05) is 29.0 Å². The van der Waals surface area contributed by atoms with Gasteiger partial charge in [0.1, 0.15) is 0 Å². The SMILES string of the molecule is Cc1cccc(Nc2nc(N)c([N+](=O)[O-])c(N3C[C@H](C)C[C@H](C)C3)n2)c1. The molecule has 0 spiro atoms. The van der Waals surface area contributed by atoms with E-state index >= 15 is 0 Å². The molecule has 1 aliphatic rings. The van der Waals surface area contributed by atoms with Gasteiger partial charge in [0, 0.05) is 18.8 Å². The highest BCUT2D eigenvalue weighted by molar-refractivity contribution is 5.72. The molecule has 8 nitrogen and oxygen atoms in total. The Kier molecular flexibility index (Phi) is 4.92. The fraction of sp³-hybridized carbons (Fsp3) is 0.444. The second kappa shape index (κ2) is 7.15. The summed E-state index contributed by atoms with van der Waals surface area (Å²) in [4.78, 5) is 21.6. The third-order valence-corrected chi connectivity index (χ3v) is 4.52. The first-order valence-corrected chi connectivity index (χ1v) is 8.74. The number of hydrogen-bond acceptors (Lipinski definition) is 7. The second-order valence-corrected chi connectivity index (χ2v) is 7.21. The second-order valence-electron chi connectivity index (χ2n) is 7.21. The van der Waals surface area contributed by atoms with Crippen LogP contribution in [0.1, 0.15) is 25.8 Å². The molecule has 0 bridgehead atoms. The van der Waals surface area contributed by atoms with Crippen molar-refractivity contribution < 1.29 is 4.92 Å². The lowest BCUT2D eigenvalue weighted by Crippen LogP contribution is -2.39. The number of nitrogen functional groups attached to an aromatic ring is 1. The summed E-state index contributed by atoms with van der Waals surface area (Å²) in [6, 6.07) is 7.74. The van der Waals surface area contributed by atoms with Gasteiger partial charge in [-0.15, -0.1) is 0 Å². The predicted octanol–water partition coefficient (Wildman–Crippen LogP) is 3.50. The molecule has 2 atom stereocenters. The highest BCUT2D eigenvalue weighted by Gasteiger charge is 2.31. The lowest BCUT2D eigenvalue weighted by atomic mass is 9.92. The van der Waals surface area contributed by atoms with Gasteiger partial charge in [-0.25, -0.2) is 0 Å². The van der Waals surface area contributed by atoms with Gasteiger partial charge in [0.15, 0.2) is 0 Å². The number of nitrogens with one attached hydrogen (secondary N) is 1. The Bertz CT molecular complexity index is 815. The maximum absolute atomic E-state index is 11.6. The van der Waals surface area contributed by atoms with Gasteiger partial charge in [-0.3, -0.25) is 10.1 Å². The number of anilines is 4. The third-order valence-electron chi connectivity index (χ3n) is 4.52. The van der Waals surface area contributed by atoms with Crippen LogP contribution in [0.3, 0.4) is 0 Å². The minimum absolute atomic E-state index is 0.124. The smallest absolute Gasteiger partial charge is 0.353 e. The maximum atomic E-state index is 11.6. The fourth-order valence-corrected chi connectivity index (χ4v) is 3.60. The number of aryl methyl sites for hydroxylation is 1. The van der Waals surface area contributed by atoms with Crippen LogP contribution in [0.15, 0.2) is 24.3 Å². The summed E-state index contributed by atoms with van der Waals surface area (Å²) in [5, 5.41) is 14.7. The van der Waals surface area contributed by atoms with Crippen LogP contribution in [0.5, 0.6) is 0 Å². The van der Waals surface area contributed by atoms with E-state index in [9.17, 15) is 10.1 Å². The number of rotatable bonds is 4.